The number of nitrogens with one attached hydrogen (secondary N) is 1. The summed E-state index contributed by atoms with van der Waals surface area (Å²) in [4.78, 5) is 31.6. The maximum Gasteiger partial charge on any atom is 0.410 e. The van der Waals surface area contributed by atoms with Crippen molar-refractivity contribution in [3.8, 4) is 28.5 Å². The Hall–Kier alpha value is -4.47. The van der Waals surface area contributed by atoms with E-state index < -0.39 is 11.5 Å². The van der Waals surface area contributed by atoms with Gasteiger partial charge < -0.3 is 24.8 Å². The number of para-hydroxylation sites is 2. The van der Waals surface area contributed by atoms with E-state index in [1.807, 2.05) is 75.5 Å². The molecule has 1 aliphatic rings. The molecular formula is C29H33N5O5. The minimum atomic E-state index is -0.583. The number of rotatable bonds is 6. The average Bonchev–Trinajstić information content (AvgIpc) is 3.48. The number of piperidine rings is 1. The molecule has 0 aliphatic carbocycles. The predicted octanol–water partition coefficient (Wildman–Crippen LogP) is 5.34. The number of nitrogens with two attached hydrogens (primary N) is 1. The Bertz CT molecular complexity index is 1490. The van der Waals surface area contributed by atoms with Gasteiger partial charge in [-0.15, -0.1) is 0 Å². The van der Waals surface area contributed by atoms with Crippen LogP contribution in [0.5, 0.6) is 17.2 Å². The molecule has 0 atom stereocenters. The first-order valence-corrected chi connectivity index (χ1v) is 12.9. The standard InChI is InChI=1S/C29H33N5O5/c1-29(2,3)39-28(36)33-15-13-18(14-16-33)21-17-31-34-25(26(30)35)24(32-27(21)34)19-9-11-20(12-10-19)38-23-8-6-5-7-22(23)37-4/h5-12,17-18,31H,13-16H2,1-4H3,(H2,30,35). The van der Waals surface area contributed by atoms with E-state index in [1.54, 1.807) is 16.5 Å². The zero-order valence-electron chi connectivity index (χ0n) is 22.6. The van der Waals surface area contributed by atoms with Crippen LogP contribution in [0.2, 0.25) is 0 Å². The molecule has 4 aromatic rings. The number of imidazole rings is 1. The second-order valence-electron chi connectivity index (χ2n) is 10.6. The van der Waals surface area contributed by atoms with Gasteiger partial charge in [-0.25, -0.2) is 14.3 Å². The molecule has 0 bridgehead atoms. The Morgan fingerprint density at radius 2 is 1.69 bits per heavy atom. The van der Waals surface area contributed by atoms with Crippen molar-refractivity contribution in [2.45, 2.75) is 45.1 Å². The minimum Gasteiger partial charge on any atom is -0.493 e. The number of nitrogens with zero attached hydrogens (tertiary/aromatic N) is 3. The number of primary amides is 1. The predicted molar refractivity (Wildman–Crippen MR) is 146 cm³/mol. The zero-order chi connectivity index (χ0) is 27.7. The Morgan fingerprint density at radius 3 is 2.31 bits per heavy atom. The highest BCUT2D eigenvalue weighted by atomic mass is 16.6. The molecular weight excluding hydrogens is 498 g/mol. The van der Waals surface area contributed by atoms with Crippen LogP contribution in [0.25, 0.3) is 16.9 Å². The number of ether oxygens (including phenoxy) is 3. The van der Waals surface area contributed by atoms with Gasteiger partial charge in [0.1, 0.15) is 17.0 Å². The molecule has 0 saturated carbocycles. The molecule has 2 amide bonds. The number of hydrogen-bond acceptors (Lipinski definition) is 6. The van der Waals surface area contributed by atoms with Crippen molar-refractivity contribution >= 4 is 17.6 Å². The molecule has 2 aromatic heterocycles. The van der Waals surface area contributed by atoms with E-state index in [0.717, 1.165) is 24.0 Å². The van der Waals surface area contributed by atoms with E-state index in [0.29, 0.717) is 41.7 Å². The molecule has 204 valence electrons. The second-order valence-corrected chi connectivity index (χ2v) is 10.6. The molecule has 3 heterocycles. The summed E-state index contributed by atoms with van der Waals surface area (Å²) >= 11 is 0. The third-order valence-electron chi connectivity index (χ3n) is 6.73. The van der Waals surface area contributed by atoms with Crippen molar-refractivity contribution in [1.29, 1.82) is 0 Å². The van der Waals surface area contributed by atoms with Crippen LogP contribution < -0.4 is 15.2 Å². The van der Waals surface area contributed by atoms with Crippen LogP contribution in [0.1, 0.15) is 55.6 Å². The lowest BCUT2D eigenvalue weighted by Gasteiger charge is -2.33. The number of aromatic amines is 1. The van der Waals surface area contributed by atoms with Crippen LogP contribution >= 0.6 is 0 Å². The number of methoxy groups -OCH3 is 1. The lowest BCUT2D eigenvalue weighted by molar-refractivity contribution is 0.0205. The SMILES string of the molecule is COc1ccccc1Oc1ccc(-c2nc3c(C4CCN(C(=O)OC(C)(C)C)CC4)c[nH]n3c2C(N)=O)cc1. The minimum absolute atomic E-state index is 0.171. The molecule has 1 fully saturated rings. The molecule has 2 aromatic carbocycles. The third-order valence-corrected chi connectivity index (χ3v) is 6.73. The maximum atomic E-state index is 12.5. The number of hydrogen-bond donors (Lipinski definition) is 2. The van der Waals surface area contributed by atoms with E-state index >= 15 is 0 Å². The molecule has 10 nitrogen and oxygen atoms in total. The highest BCUT2D eigenvalue weighted by Crippen LogP contribution is 2.35. The average molecular weight is 532 g/mol. The van der Waals surface area contributed by atoms with Crippen LogP contribution in [0.15, 0.2) is 54.7 Å². The smallest absolute Gasteiger partial charge is 0.410 e. The number of likely N-dealkylation sites (tertiary alicyclic amines) is 1. The highest BCUT2D eigenvalue weighted by Gasteiger charge is 2.30. The number of aromatic nitrogens is 3. The molecule has 1 saturated heterocycles. The van der Waals surface area contributed by atoms with E-state index in [1.165, 1.54) is 0 Å². The van der Waals surface area contributed by atoms with Crippen molar-refractivity contribution in [3.05, 3.63) is 66.0 Å². The normalized spacial score (nSPS) is 14.4. The first-order chi connectivity index (χ1) is 18.6. The Kier molecular flexibility index (Phi) is 6.94. The summed E-state index contributed by atoms with van der Waals surface area (Å²) in [5, 5.41) is 3.16. The van der Waals surface area contributed by atoms with Crippen LogP contribution in [0.4, 0.5) is 4.79 Å². The Morgan fingerprint density at radius 1 is 1.03 bits per heavy atom. The van der Waals surface area contributed by atoms with Gasteiger partial charge in [0, 0.05) is 30.4 Å². The van der Waals surface area contributed by atoms with Gasteiger partial charge in [0.2, 0.25) is 0 Å². The van der Waals surface area contributed by atoms with Gasteiger partial charge in [-0.05, 0) is 75.9 Å². The van der Waals surface area contributed by atoms with Gasteiger partial charge in [0.15, 0.2) is 22.8 Å². The first kappa shape index (κ1) is 26.1. The van der Waals surface area contributed by atoms with Gasteiger partial charge >= 0.3 is 6.09 Å². The second kappa shape index (κ2) is 10.4. The number of carbonyl (C=O) groups is 2. The molecule has 0 unspecified atom stereocenters. The van der Waals surface area contributed by atoms with Crippen LogP contribution in [-0.4, -0.2) is 57.3 Å². The summed E-state index contributed by atoms with van der Waals surface area (Å²) in [5.74, 6) is 1.43. The van der Waals surface area contributed by atoms with Crippen molar-refractivity contribution < 1.29 is 23.8 Å². The molecule has 0 spiro atoms. The lowest BCUT2D eigenvalue weighted by atomic mass is 9.91. The monoisotopic (exact) mass is 531 g/mol. The zero-order valence-corrected chi connectivity index (χ0v) is 22.6. The van der Waals surface area contributed by atoms with Crippen molar-refractivity contribution in [3.63, 3.8) is 0 Å². The number of carbonyl (C=O) groups excluding carboxylic acids is 2. The summed E-state index contributed by atoms with van der Waals surface area (Å²) in [6.45, 7) is 6.76. The number of amides is 2. The maximum absolute atomic E-state index is 12.5. The lowest BCUT2D eigenvalue weighted by Crippen LogP contribution is -2.41. The Balaban J connectivity index is 1.37. The molecule has 1 aliphatic heterocycles. The van der Waals surface area contributed by atoms with E-state index in [4.69, 9.17) is 24.9 Å². The fraction of sp³-hybridized carbons (Fsp3) is 0.345. The summed E-state index contributed by atoms with van der Waals surface area (Å²) in [6.07, 6.45) is 3.10. The first-order valence-electron chi connectivity index (χ1n) is 12.9. The fourth-order valence-corrected chi connectivity index (χ4v) is 4.88. The van der Waals surface area contributed by atoms with Crippen LogP contribution in [-0.2, 0) is 4.74 Å². The Labute approximate surface area is 226 Å². The van der Waals surface area contributed by atoms with Gasteiger partial charge in [0.25, 0.3) is 5.91 Å². The fourth-order valence-electron chi connectivity index (χ4n) is 4.88. The summed E-state index contributed by atoms with van der Waals surface area (Å²) in [7, 11) is 1.59. The summed E-state index contributed by atoms with van der Waals surface area (Å²) < 4.78 is 18.5. The van der Waals surface area contributed by atoms with E-state index in [-0.39, 0.29) is 17.7 Å². The number of benzene rings is 2. The highest BCUT2D eigenvalue weighted by molar-refractivity contribution is 5.98. The summed E-state index contributed by atoms with van der Waals surface area (Å²) in [5.41, 5.74) is 8.42. The molecule has 39 heavy (non-hydrogen) atoms. The van der Waals surface area contributed by atoms with Gasteiger partial charge in [-0.1, -0.05) is 12.1 Å². The van der Waals surface area contributed by atoms with Gasteiger partial charge in [-0.3, -0.25) is 9.89 Å². The molecule has 5 rings (SSSR count). The topological polar surface area (TPSA) is 124 Å². The van der Waals surface area contributed by atoms with Crippen LogP contribution in [0.3, 0.4) is 0 Å². The van der Waals surface area contributed by atoms with Crippen molar-refractivity contribution in [2.24, 2.45) is 5.73 Å². The van der Waals surface area contributed by atoms with Crippen molar-refractivity contribution in [1.82, 2.24) is 19.5 Å². The number of H-pyrrole nitrogens is 1. The van der Waals surface area contributed by atoms with Crippen LogP contribution in [0, 0.1) is 0 Å². The number of fused-ring (bicyclic) bond motifs is 1. The van der Waals surface area contributed by atoms with Crippen molar-refractivity contribution in [2.75, 3.05) is 20.2 Å². The van der Waals surface area contributed by atoms with Gasteiger partial charge in [-0.2, -0.15) is 0 Å². The molecule has 3 N–H and O–H groups in total. The quantitative estimate of drug-likeness (QED) is 0.346. The molecule has 10 heteroatoms. The van der Waals surface area contributed by atoms with E-state index in [9.17, 15) is 9.59 Å². The summed E-state index contributed by atoms with van der Waals surface area (Å²) in [6, 6.07) is 14.7. The third kappa shape index (κ3) is 5.41. The largest absolute Gasteiger partial charge is 0.493 e. The van der Waals surface area contributed by atoms with Gasteiger partial charge in [0.05, 0.1) is 7.11 Å². The van der Waals surface area contributed by atoms with E-state index in [2.05, 4.69) is 5.10 Å². The molecule has 0 radical (unpaired) electrons.